The lowest BCUT2D eigenvalue weighted by Crippen LogP contribution is -2.26. The highest BCUT2D eigenvalue weighted by atomic mass is 16.1. The van der Waals surface area contributed by atoms with Gasteiger partial charge in [-0.2, -0.15) is 0 Å². The Balaban J connectivity index is 1.86. The molecule has 0 saturated heterocycles. The molecule has 0 saturated carbocycles. The van der Waals surface area contributed by atoms with Crippen LogP contribution in [0.4, 0.5) is 5.69 Å². The van der Waals surface area contributed by atoms with Gasteiger partial charge in [0, 0.05) is 24.6 Å². The number of carbonyl (C=O) groups is 1. The van der Waals surface area contributed by atoms with Crippen LogP contribution in [0.5, 0.6) is 0 Å². The van der Waals surface area contributed by atoms with Crippen LogP contribution in [0.1, 0.15) is 25.2 Å². The molecule has 2 rings (SSSR count). The molecule has 1 aromatic carbocycles. The number of imidazole rings is 1. The molecule has 0 aliphatic rings. The summed E-state index contributed by atoms with van der Waals surface area (Å²) < 4.78 is 2.08. The highest BCUT2D eigenvalue weighted by Crippen LogP contribution is 2.07. The molecule has 0 aliphatic carbocycles. The summed E-state index contributed by atoms with van der Waals surface area (Å²) in [6, 6.07) is 7.35. The van der Waals surface area contributed by atoms with Crippen molar-refractivity contribution in [3.8, 4) is 0 Å². The van der Waals surface area contributed by atoms with Crippen LogP contribution in [-0.2, 0) is 24.3 Å². The Morgan fingerprint density at radius 1 is 1.33 bits per heavy atom. The van der Waals surface area contributed by atoms with Gasteiger partial charge in [-0.15, -0.1) is 0 Å². The van der Waals surface area contributed by atoms with Gasteiger partial charge in [0.25, 0.3) is 0 Å². The van der Waals surface area contributed by atoms with Gasteiger partial charge in [-0.05, 0) is 23.6 Å². The molecule has 0 spiro atoms. The van der Waals surface area contributed by atoms with E-state index in [9.17, 15) is 4.79 Å². The number of benzene rings is 1. The van der Waals surface area contributed by atoms with Gasteiger partial charge in [0.15, 0.2) is 0 Å². The van der Waals surface area contributed by atoms with Crippen molar-refractivity contribution in [1.82, 2.24) is 14.9 Å². The van der Waals surface area contributed by atoms with Crippen LogP contribution in [0.3, 0.4) is 0 Å². The third-order valence-electron chi connectivity index (χ3n) is 3.15. The van der Waals surface area contributed by atoms with E-state index in [1.165, 1.54) is 0 Å². The van der Waals surface area contributed by atoms with Gasteiger partial charge in [0.05, 0.1) is 13.0 Å². The third kappa shape index (κ3) is 4.63. The first kappa shape index (κ1) is 15.1. The number of aromatic nitrogens is 2. The number of nitrogens with zero attached hydrogens (tertiary/aromatic N) is 2. The Bertz CT molecular complexity index is 587. The molecular formula is C16H22N4O. The number of hydrogen-bond acceptors (Lipinski definition) is 3. The fraction of sp³-hybridized carbons (Fsp3) is 0.375. The zero-order valence-electron chi connectivity index (χ0n) is 12.5. The van der Waals surface area contributed by atoms with Gasteiger partial charge in [-0.3, -0.25) is 4.79 Å². The summed E-state index contributed by atoms with van der Waals surface area (Å²) in [6.07, 6.45) is 4.07. The minimum Gasteiger partial charge on any atom is -0.399 e. The molecule has 1 amide bonds. The number of nitrogens with one attached hydrogen (secondary N) is 1. The standard InChI is InChI=1S/C16H22N4O/c1-12(2)11-20-8-7-18-15(20)10-19-16(21)9-13-3-5-14(17)6-4-13/h3-8,12H,9-11,17H2,1-2H3,(H,19,21). The average Bonchev–Trinajstić information content (AvgIpc) is 2.85. The zero-order valence-corrected chi connectivity index (χ0v) is 12.5. The van der Waals surface area contributed by atoms with E-state index in [4.69, 9.17) is 5.73 Å². The topological polar surface area (TPSA) is 72.9 Å². The predicted octanol–water partition coefficient (Wildman–Crippen LogP) is 1.98. The molecule has 5 nitrogen and oxygen atoms in total. The van der Waals surface area contributed by atoms with E-state index in [1.807, 2.05) is 18.3 Å². The summed E-state index contributed by atoms with van der Waals surface area (Å²) >= 11 is 0. The predicted molar refractivity (Wildman–Crippen MR) is 83.5 cm³/mol. The van der Waals surface area contributed by atoms with E-state index in [0.717, 1.165) is 17.9 Å². The lowest BCUT2D eigenvalue weighted by Gasteiger charge is -2.11. The number of rotatable bonds is 6. The van der Waals surface area contributed by atoms with Gasteiger partial charge in [0.2, 0.25) is 5.91 Å². The van der Waals surface area contributed by atoms with Crippen molar-refractivity contribution in [2.45, 2.75) is 33.4 Å². The molecule has 0 unspecified atom stereocenters. The molecule has 3 N–H and O–H groups in total. The van der Waals surface area contributed by atoms with E-state index >= 15 is 0 Å². The van der Waals surface area contributed by atoms with Crippen LogP contribution in [0.15, 0.2) is 36.7 Å². The fourth-order valence-corrected chi connectivity index (χ4v) is 2.13. The highest BCUT2D eigenvalue weighted by Gasteiger charge is 2.07. The van der Waals surface area contributed by atoms with Crippen LogP contribution in [0.25, 0.3) is 0 Å². The summed E-state index contributed by atoms with van der Waals surface area (Å²) in [5, 5.41) is 2.91. The molecule has 5 heteroatoms. The smallest absolute Gasteiger partial charge is 0.224 e. The lowest BCUT2D eigenvalue weighted by molar-refractivity contribution is -0.120. The van der Waals surface area contributed by atoms with Crippen molar-refractivity contribution >= 4 is 11.6 Å². The van der Waals surface area contributed by atoms with Gasteiger partial charge in [-0.1, -0.05) is 26.0 Å². The number of anilines is 1. The van der Waals surface area contributed by atoms with E-state index in [2.05, 4.69) is 28.7 Å². The maximum Gasteiger partial charge on any atom is 0.224 e. The number of nitrogens with two attached hydrogens (primary N) is 1. The second-order valence-electron chi connectivity index (χ2n) is 5.58. The minimum absolute atomic E-state index is 0.0149. The van der Waals surface area contributed by atoms with Gasteiger partial charge >= 0.3 is 0 Å². The van der Waals surface area contributed by atoms with Crippen molar-refractivity contribution in [3.63, 3.8) is 0 Å². The monoisotopic (exact) mass is 286 g/mol. The van der Waals surface area contributed by atoms with E-state index < -0.39 is 0 Å². The van der Waals surface area contributed by atoms with Crippen LogP contribution in [0.2, 0.25) is 0 Å². The van der Waals surface area contributed by atoms with E-state index in [-0.39, 0.29) is 5.91 Å². The lowest BCUT2D eigenvalue weighted by atomic mass is 10.1. The van der Waals surface area contributed by atoms with Crippen molar-refractivity contribution in [2.75, 3.05) is 5.73 Å². The Morgan fingerprint density at radius 2 is 2.05 bits per heavy atom. The normalized spacial score (nSPS) is 10.8. The molecule has 21 heavy (non-hydrogen) atoms. The molecule has 2 aromatic rings. The molecule has 0 bridgehead atoms. The average molecular weight is 286 g/mol. The third-order valence-corrected chi connectivity index (χ3v) is 3.15. The van der Waals surface area contributed by atoms with E-state index in [1.54, 1.807) is 18.3 Å². The Labute approximate surface area is 125 Å². The molecule has 0 atom stereocenters. The first-order valence-corrected chi connectivity index (χ1v) is 7.15. The van der Waals surface area contributed by atoms with E-state index in [0.29, 0.717) is 24.6 Å². The van der Waals surface area contributed by atoms with Gasteiger partial charge in [-0.25, -0.2) is 4.98 Å². The number of carbonyl (C=O) groups excluding carboxylic acids is 1. The Morgan fingerprint density at radius 3 is 2.71 bits per heavy atom. The quantitative estimate of drug-likeness (QED) is 0.798. The first-order chi connectivity index (χ1) is 10.0. The second kappa shape index (κ2) is 6.92. The van der Waals surface area contributed by atoms with Crippen molar-refractivity contribution in [3.05, 3.63) is 48.0 Å². The summed E-state index contributed by atoms with van der Waals surface area (Å²) in [5.41, 5.74) is 7.28. The maximum atomic E-state index is 11.9. The number of hydrogen-bond donors (Lipinski definition) is 2. The number of amides is 1. The fourth-order valence-electron chi connectivity index (χ4n) is 2.13. The SMILES string of the molecule is CC(C)Cn1ccnc1CNC(=O)Cc1ccc(N)cc1. The molecule has 112 valence electrons. The summed E-state index contributed by atoms with van der Waals surface area (Å²) in [6.45, 7) is 5.67. The van der Waals surface area contributed by atoms with Gasteiger partial charge < -0.3 is 15.6 Å². The molecule has 0 aliphatic heterocycles. The van der Waals surface area contributed by atoms with Crippen molar-refractivity contribution in [1.29, 1.82) is 0 Å². The largest absolute Gasteiger partial charge is 0.399 e. The molecule has 0 radical (unpaired) electrons. The first-order valence-electron chi connectivity index (χ1n) is 7.15. The van der Waals surface area contributed by atoms with Gasteiger partial charge in [0.1, 0.15) is 5.82 Å². The second-order valence-corrected chi connectivity index (χ2v) is 5.58. The summed E-state index contributed by atoms with van der Waals surface area (Å²) in [4.78, 5) is 16.2. The highest BCUT2D eigenvalue weighted by molar-refractivity contribution is 5.78. The number of nitrogen functional groups attached to an aromatic ring is 1. The van der Waals surface area contributed by atoms with Crippen molar-refractivity contribution in [2.24, 2.45) is 5.92 Å². The van der Waals surface area contributed by atoms with Crippen LogP contribution < -0.4 is 11.1 Å². The van der Waals surface area contributed by atoms with Crippen LogP contribution >= 0.6 is 0 Å². The summed E-state index contributed by atoms with van der Waals surface area (Å²) in [7, 11) is 0. The molecular weight excluding hydrogens is 264 g/mol. The maximum absolute atomic E-state index is 11.9. The Hall–Kier alpha value is -2.30. The Kier molecular flexibility index (Phi) is 4.98. The zero-order chi connectivity index (χ0) is 15.2. The molecule has 1 heterocycles. The molecule has 0 fully saturated rings. The summed E-state index contributed by atoms with van der Waals surface area (Å²) in [5.74, 6) is 1.41. The minimum atomic E-state index is -0.0149. The van der Waals surface area contributed by atoms with Crippen molar-refractivity contribution < 1.29 is 4.79 Å². The van der Waals surface area contributed by atoms with Crippen LogP contribution in [-0.4, -0.2) is 15.5 Å². The molecule has 1 aromatic heterocycles. The van der Waals surface area contributed by atoms with Crippen LogP contribution in [0, 0.1) is 5.92 Å².